The minimum atomic E-state index is -0.482. The van der Waals surface area contributed by atoms with Gasteiger partial charge in [-0.3, -0.25) is 19.2 Å². The average Bonchev–Trinajstić information content (AvgIpc) is 3.27. The summed E-state index contributed by atoms with van der Waals surface area (Å²) in [6.07, 6.45) is 4.29. The summed E-state index contributed by atoms with van der Waals surface area (Å²) in [5, 5.41) is 13.3. The van der Waals surface area contributed by atoms with E-state index in [9.17, 15) is 9.59 Å². The van der Waals surface area contributed by atoms with E-state index in [1.54, 1.807) is 17.1 Å². The fourth-order valence-electron chi connectivity index (χ4n) is 3.01. The van der Waals surface area contributed by atoms with Crippen molar-refractivity contribution < 1.29 is 14.0 Å². The van der Waals surface area contributed by atoms with Crippen LogP contribution in [0.1, 0.15) is 24.4 Å². The van der Waals surface area contributed by atoms with Crippen LogP contribution in [0.25, 0.3) is 0 Å². The van der Waals surface area contributed by atoms with Crippen LogP contribution in [0.15, 0.2) is 28.9 Å². The zero-order chi connectivity index (χ0) is 18.4. The normalized spacial score (nSPS) is 17.9. The third kappa shape index (κ3) is 4.92. The first kappa shape index (κ1) is 18.1. The highest BCUT2D eigenvalue weighted by Crippen LogP contribution is 2.15. The summed E-state index contributed by atoms with van der Waals surface area (Å²) in [5.74, 6) is 1.39. The molecule has 3 rings (SSSR count). The molecule has 1 aliphatic rings. The van der Waals surface area contributed by atoms with E-state index in [2.05, 4.69) is 20.9 Å². The number of carbonyl (C=O) groups excluding carboxylic acids is 2. The van der Waals surface area contributed by atoms with Gasteiger partial charge in [0, 0.05) is 32.4 Å². The van der Waals surface area contributed by atoms with E-state index in [1.165, 1.54) is 0 Å². The van der Waals surface area contributed by atoms with Crippen LogP contribution in [-0.2, 0) is 22.7 Å². The van der Waals surface area contributed by atoms with Gasteiger partial charge in [-0.15, -0.1) is 5.10 Å². The van der Waals surface area contributed by atoms with Gasteiger partial charge in [0.25, 0.3) is 0 Å². The molecule has 3 heterocycles. The number of nitrogens with zero attached hydrogens (tertiary/aromatic N) is 4. The molecule has 9 heteroatoms. The minimum Gasteiger partial charge on any atom is -0.465 e. The van der Waals surface area contributed by atoms with Crippen LogP contribution in [0.2, 0.25) is 0 Å². The Kier molecular flexibility index (Phi) is 6.00. The third-order valence-electron chi connectivity index (χ3n) is 4.33. The minimum absolute atomic E-state index is 0.114. The lowest BCUT2D eigenvalue weighted by Gasteiger charge is -2.34. The fraction of sp³-hybridized carbons (Fsp3) is 0.529. The van der Waals surface area contributed by atoms with E-state index < -0.39 is 6.04 Å². The molecule has 2 aromatic heterocycles. The van der Waals surface area contributed by atoms with Gasteiger partial charge in [-0.2, -0.15) is 0 Å². The lowest BCUT2D eigenvalue weighted by Crippen LogP contribution is -2.56. The number of aromatic nitrogens is 3. The maximum atomic E-state index is 12.2. The number of nitrogens with one attached hydrogen (secondary N) is 2. The second kappa shape index (κ2) is 8.61. The number of piperazine rings is 1. The smallest absolute Gasteiger partial charge is 0.237 e. The lowest BCUT2D eigenvalue weighted by molar-refractivity contribution is -0.134. The van der Waals surface area contributed by atoms with Crippen LogP contribution in [0.5, 0.6) is 0 Å². The van der Waals surface area contributed by atoms with Gasteiger partial charge >= 0.3 is 0 Å². The van der Waals surface area contributed by atoms with Gasteiger partial charge in [-0.05, 0) is 25.5 Å². The zero-order valence-corrected chi connectivity index (χ0v) is 14.9. The zero-order valence-electron chi connectivity index (χ0n) is 14.9. The number of rotatable bonds is 8. The average molecular weight is 360 g/mol. The molecule has 1 fully saturated rings. The van der Waals surface area contributed by atoms with Gasteiger partial charge in [0.2, 0.25) is 11.8 Å². The van der Waals surface area contributed by atoms with Crippen molar-refractivity contribution in [2.75, 3.05) is 19.6 Å². The number of hydrogen-bond donors (Lipinski definition) is 2. The third-order valence-corrected chi connectivity index (χ3v) is 4.33. The fourth-order valence-corrected chi connectivity index (χ4v) is 3.01. The van der Waals surface area contributed by atoms with Crippen molar-refractivity contribution in [3.8, 4) is 0 Å². The van der Waals surface area contributed by atoms with Crippen LogP contribution in [0.4, 0.5) is 0 Å². The highest BCUT2D eigenvalue weighted by Gasteiger charge is 2.32. The first-order valence-corrected chi connectivity index (χ1v) is 8.79. The molecule has 0 saturated carbocycles. The molecule has 0 bridgehead atoms. The number of furan rings is 1. The Morgan fingerprint density at radius 3 is 3.08 bits per heavy atom. The molecule has 1 atom stereocenters. The molecule has 140 valence electrons. The number of hydrogen-bond acceptors (Lipinski definition) is 6. The first-order valence-electron chi connectivity index (χ1n) is 8.79. The van der Waals surface area contributed by atoms with Crippen LogP contribution in [0.3, 0.4) is 0 Å². The Hall–Kier alpha value is -2.68. The van der Waals surface area contributed by atoms with Crippen LogP contribution in [0, 0.1) is 6.92 Å². The highest BCUT2D eigenvalue weighted by atomic mass is 16.3. The molecular formula is C17H24N6O3. The van der Waals surface area contributed by atoms with Crippen molar-refractivity contribution in [1.82, 2.24) is 30.5 Å². The SMILES string of the molecule is Cc1ccc(CN2CCNC(=O)[C@H]2CC(=O)NCCCn2ccnn2)o1. The quantitative estimate of drug-likeness (QED) is 0.646. The number of carbonyl (C=O) groups is 2. The van der Waals surface area contributed by atoms with Crippen molar-refractivity contribution in [1.29, 1.82) is 0 Å². The molecule has 1 saturated heterocycles. The Morgan fingerprint density at radius 1 is 1.46 bits per heavy atom. The van der Waals surface area contributed by atoms with E-state index >= 15 is 0 Å². The predicted octanol–water partition coefficient (Wildman–Crippen LogP) is 0.0765. The molecule has 0 spiro atoms. The lowest BCUT2D eigenvalue weighted by atomic mass is 10.1. The predicted molar refractivity (Wildman–Crippen MR) is 92.9 cm³/mol. The molecule has 2 amide bonds. The van der Waals surface area contributed by atoms with Gasteiger partial charge in [-0.1, -0.05) is 5.21 Å². The van der Waals surface area contributed by atoms with E-state index in [0.29, 0.717) is 32.7 Å². The van der Waals surface area contributed by atoms with E-state index in [1.807, 2.05) is 24.0 Å². The van der Waals surface area contributed by atoms with Gasteiger partial charge in [-0.25, -0.2) is 0 Å². The molecule has 0 unspecified atom stereocenters. The summed E-state index contributed by atoms with van der Waals surface area (Å²) in [4.78, 5) is 26.5. The molecule has 2 aromatic rings. The van der Waals surface area contributed by atoms with E-state index in [-0.39, 0.29) is 18.2 Å². The van der Waals surface area contributed by atoms with Gasteiger partial charge in [0.05, 0.1) is 25.2 Å². The summed E-state index contributed by atoms with van der Waals surface area (Å²) >= 11 is 0. The second-order valence-electron chi connectivity index (χ2n) is 6.36. The molecule has 0 aliphatic carbocycles. The second-order valence-corrected chi connectivity index (χ2v) is 6.36. The summed E-state index contributed by atoms with van der Waals surface area (Å²) < 4.78 is 7.32. The number of aryl methyl sites for hydroxylation is 2. The van der Waals surface area contributed by atoms with Crippen molar-refractivity contribution >= 4 is 11.8 Å². The first-order chi connectivity index (χ1) is 12.6. The highest BCUT2D eigenvalue weighted by molar-refractivity contribution is 5.88. The number of amides is 2. The van der Waals surface area contributed by atoms with Gasteiger partial charge in [0.1, 0.15) is 11.5 Å². The van der Waals surface area contributed by atoms with E-state index in [0.717, 1.165) is 17.9 Å². The van der Waals surface area contributed by atoms with E-state index in [4.69, 9.17) is 4.42 Å². The van der Waals surface area contributed by atoms with Gasteiger partial charge < -0.3 is 15.1 Å². The summed E-state index contributed by atoms with van der Waals surface area (Å²) in [7, 11) is 0. The molecule has 26 heavy (non-hydrogen) atoms. The molecule has 9 nitrogen and oxygen atoms in total. The maximum Gasteiger partial charge on any atom is 0.237 e. The molecule has 0 aromatic carbocycles. The Labute approximate surface area is 151 Å². The van der Waals surface area contributed by atoms with Crippen LogP contribution >= 0.6 is 0 Å². The Balaban J connectivity index is 1.47. The van der Waals surface area contributed by atoms with Crippen LogP contribution in [-0.4, -0.2) is 57.4 Å². The van der Waals surface area contributed by atoms with Gasteiger partial charge in [0.15, 0.2) is 0 Å². The monoisotopic (exact) mass is 360 g/mol. The maximum absolute atomic E-state index is 12.2. The summed E-state index contributed by atoms with van der Waals surface area (Å²) in [5.41, 5.74) is 0. The Morgan fingerprint density at radius 2 is 2.35 bits per heavy atom. The summed E-state index contributed by atoms with van der Waals surface area (Å²) in [6, 6.07) is 3.32. The topological polar surface area (TPSA) is 105 Å². The summed E-state index contributed by atoms with van der Waals surface area (Å²) in [6.45, 7) is 4.89. The molecule has 2 N–H and O–H groups in total. The Bertz CT molecular complexity index is 727. The van der Waals surface area contributed by atoms with Crippen molar-refractivity contribution in [2.24, 2.45) is 0 Å². The molecule has 0 radical (unpaired) electrons. The van der Waals surface area contributed by atoms with Crippen molar-refractivity contribution in [2.45, 2.75) is 38.9 Å². The molecular weight excluding hydrogens is 336 g/mol. The van der Waals surface area contributed by atoms with Crippen LogP contribution < -0.4 is 10.6 Å². The standard InChI is InChI=1S/C17H24N6O3/c1-13-3-4-14(26-13)12-22-9-6-19-17(25)15(22)11-16(24)18-5-2-8-23-10-7-20-21-23/h3-4,7,10,15H,2,5-6,8-9,11-12H2,1H3,(H,18,24)(H,19,25)/t15-/m1/s1. The largest absolute Gasteiger partial charge is 0.465 e. The molecule has 1 aliphatic heterocycles. The van der Waals surface area contributed by atoms with Crippen molar-refractivity contribution in [3.05, 3.63) is 36.0 Å². The van der Waals surface area contributed by atoms with Crippen molar-refractivity contribution in [3.63, 3.8) is 0 Å².